The largest absolute Gasteiger partial charge is 0.454 e. The van der Waals surface area contributed by atoms with Crippen LogP contribution in [0.15, 0.2) is 429 Å². The molecule has 4 aliphatic rings. The fourth-order valence-corrected chi connectivity index (χ4v) is 21.4. The lowest BCUT2D eigenvalue weighted by Crippen LogP contribution is -2.36. The standard InChI is InChI=1S/C110H70N4OS/c1-3-26-71(27-4-1)73-56-62-79(63-57-73)112(104-49-25-37-88-86-35-10-22-51-106(86)116-108(88)104)82-65-67-94-90(70-82)84-33-8-12-39-92(84)110(94)97-42-15-19-46-101(97)114(102-47-20-16-43-98(102)110)80-31-23-28-76(68-80)75-54-52-72(53-55-75)74-58-60-78(61-59-74)111(103-48-24-36-87-85-34-9-21-50-105(85)115-107(87)103)81-64-66-93-89(69-81)83-32-7-11-38-91(83)109(93)95-40-13-17-44-99(95)113(77-29-5-2-6-30-77)100-45-18-14-41-96(100)109/h1-70H. The van der Waals surface area contributed by atoms with Gasteiger partial charge in [-0.2, -0.15) is 0 Å². The van der Waals surface area contributed by atoms with Gasteiger partial charge >= 0.3 is 0 Å². The first-order valence-electron chi connectivity index (χ1n) is 39.9. The van der Waals surface area contributed by atoms with E-state index in [0.717, 1.165) is 101 Å². The van der Waals surface area contributed by atoms with E-state index in [9.17, 15) is 0 Å². The van der Waals surface area contributed by atoms with Crippen LogP contribution in [0.5, 0.6) is 0 Å². The highest BCUT2D eigenvalue weighted by Crippen LogP contribution is 2.67. The maximum atomic E-state index is 6.93. The highest BCUT2D eigenvalue weighted by molar-refractivity contribution is 7.26. The molecule has 0 radical (unpaired) electrons. The first-order chi connectivity index (χ1) is 57.5. The van der Waals surface area contributed by atoms with Crippen molar-refractivity contribution in [1.82, 2.24) is 0 Å². The van der Waals surface area contributed by atoms with Crippen LogP contribution in [-0.2, 0) is 10.8 Å². The first-order valence-corrected chi connectivity index (χ1v) is 40.8. The summed E-state index contributed by atoms with van der Waals surface area (Å²) in [5.74, 6) is 0. The molecule has 0 amide bonds. The maximum Gasteiger partial charge on any atom is 0.159 e. The Morgan fingerprint density at radius 1 is 0.233 bits per heavy atom. The number of furan rings is 1. The van der Waals surface area contributed by atoms with Crippen LogP contribution in [0.25, 0.3) is 97.7 Å². The predicted octanol–water partition coefficient (Wildman–Crippen LogP) is 30.2. The van der Waals surface area contributed by atoms with Crippen LogP contribution in [0, 0.1) is 0 Å². The lowest BCUT2D eigenvalue weighted by molar-refractivity contribution is 0.669. The molecule has 0 fully saturated rings. The number of hydrogen-bond acceptors (Lipinski definition) is 6. The minimum absolute atomic E-state index is 0.589. The highest BCUT2D eigenvalue weighted by atomic mass is 32.1. The molecule has 116 heavy (non-hydrogen) atoms. The molecule has 0 bridgehead atoms. The van der Waals surface area contributed by atoms with Crippen molar-refractivity contribution in [2.24, 2.45) is 0 Å². The molecule has 2 spiro atoms. The monoisotopic (exact) mass is 1490 g/mol. The summed E-state index contributed by atoms with van der Waals surface area (Å²) in [5.41, 5.74) is 35.7. The Hall–Kier alpha value is -14.8. The molecule has 0 saturated heterocycles. The van der Waals surface area contributed by atoms with Gasteiger partial charge in [0.1, 0.15) is 5.58 Å². The third-order valence-corrected chi connectivity index (χ3v) is 26.3. The summed E-state index contributed by atoms with van der Waals surface area (Å²) in [4.78, 5) is 9.83. The molecule has 0 saturated carbocycles. The van der Waals surface area contributed by atoms with Gasteiger partial charge in [-0.15, -0.1) is 11.3 Å². The van der Waals surface area contributed by atoms with Crippen LogP contribution in [0.4, 0.5) is 68.2 Å². The number of para-hydroxylation sites is 7. The molecule has 0 unspecified atom stereocenters. The van der Waals surface area contributed by atoms with Crippen molar-refractivity contribution in [3.8, 4) is 55.6 Å². The molecule has 6 heteroatoms. The number of rotatable bonds is 11. The normalized spacial score (nSPS) is 13.4. The van der Waals surface area contributed by atoms with Crippen molar-refractivity contribution in [3.63, 3.8) is 0 Å². The van der Waals surface area contributed by atoms with Crippen LogP contribution in [0.2, 0.25) is 0 Å². The quantitative estimate of drug-likeness (QED) is 0.129. The Balaban J connectivity index is 0.580. The van der Waals surface area contributed by atoms with Gasteiger partial charge in [0.15, 0.2) is 5.58 Å². The molecule has 24 rings (SSSR count). The Bertz CT molecular complexity index is 7270. The van der Waals surface area contributed by atoms with E-state index in [0.29, 0.717) is 0 Å². The van der Waals surface area contributed by atoms with E-state index in [1.807, 2.05) is 11.3 Å². The number of fused-ring (bicyclic) bond motifs is 24. The lowest BCUT2D eigenvalue weighted by Gasteiger charge is -2.45. The number of benzene rings is 18. The molecule has 20 aromatic rings. The Labute approximate surface area is 676 Å². The van der Waals surface area contributed by atoms with Crippen LogP contribution < -0.4 is 19.6 Å². The fraction of sp³-hybridized carbons (Fsp3) is 0.0182. The van der Waals surface area contributed by atoms with Crippen molar-refractivity contribution < 1.29 is 4.42 Å². The third-order valence-electron chi connectivity index (χ3n) is 25.0. The predicted molar refractivity (Wildman–Crippen MR) is 483 cm³/mol. The first kappa shape index (κ1) is 65.8. The van der Waals surface area contributed by atoms with E-state index >= 15 is 0 Å². The molecule has 2 aliphatic carbocycles. The minimum Gasteiger partial charge on any atom is -0.454 e. The Kier molecular flexibility index (Phi) is 14.7. The third kappa shape index (κ3) is 9.62. The van der Waals surface area contributed by atoms with Crippen LogP contribution in [0.3, 0.4) is 0 Å². The molecule has 4 heterocycles. The van der Waals surface area contributed by atoms with Gasteiger partial charge in [0.2, 0.25) is 0 Å². The second-order valence-electron chi connectivity index (χ2n) is 30.9. The Morgan fingerprint density at radius 3 is 1.16 bits per heavy atom. The van der Waals surface area contributed by atoms with Crippen molar-refractivity contribution in [2.75, 3.05) is 19.6 Å². The Morgan fingerprint density at radius 2 is 0.603 bits per heavy atom. The van der Waals surface area contributed by atoms with Gasteiger partial charge in [-0.25, -0.2) is 0 Å². The summed E-state index contributed by atoms with van der Waals surface area (Å²) >= 11 is 1.87. The summed E-state index contributed by atoms with van der Waals surface area (Å²) in [6.07, 6.45) is 0. The molecule has 542 valence electrons. The van der Waals surface area contributed by atoms with E-state index < -0.39 is 10.8 Å². The lowest BCUT2D eigenvalue weighted by atomic mass is 9.64. The van der Waals surface area contributed by atoms with Crippen LogP contribution >= 0.6 is 11.3 Å². The van der Waals surface area contributed by atoms with Crippen LogP contribution in [-0.4, -0.2) is 0 Å². The summed E-state index contributed by atoms with van der Waals surface area (Å²) in [6.45, 7) is 0. The van der Waals surface area contributed by atoms with Crippen molar-refractivity contribution in [3.05, 3.63) is 469 Å². The molecule has 5 nitrogen and oxygen atoms in total. The summed E-state index contributed by atoms with van der Waals surface area (Å²) in [6, 6.07) is 158. The van der Waals surface area contributed by atoms with Crippen molar-refractivity contribution in [2.45, 2.75) is 10.8 Å². The number of nitrogens with zero attached hydrogens (tertiary/aromatic N) is 4. The molecule has 0 atom stereocenters. The van der Waals surface area contributed by atoms with Gasteiger partial charge in [-0.1, -0.05) is 303 Å². The summed E-state index contributed by atoms with van der Waals surface area (Å²) < 4.78 is 9.48. The summed E-state index contributed by atoms with van der Waals surface area (Å²) in [5, 5.41) is 4.72. The van der Waals surface area contributed by atoms with Gasteiger partial charge in [-0.3, -0.25) is 0 Å². The fourth-order valence-electron chi connectivity index (χ4n) is 20.2. The zero-order chi connectivity index (χ0) is 76.2. The van der Waals surface area contributed by atoms with Crippen molar-refractivity contribution >= 4 is 122 Å². The SMILES string of the molecule is c1ccc(-c2ccc(N(c3ccc4c(c3)-c3ccccc3C43c4ccccc4N(c4cccc(-c5ccc(-c6ccc(N(c7ccc8c(c7)-c7ccccc7C87c8ccccc8N(c8ccccc8)c8ccccc87)c7cccc8c7oc7ccccc78)cc6)cc5)c4)c4ccccc43)c3cccc4c3sc3ccccc34)cc2)cc1. The molecular weight excluding hydrogens is 1430 g/mol. The van der Waals surface area contributed by atoms with Gasteiger partial charge in [0, 0.05) is 60.4 Å². The van der Waals surface area contributed by atoms with E-state index in [2.05, 4.69) is 444 Å². The smallest absolute Gasteiger partial charge is 0.159 e. The number of thiophene rings is 1. The zero-order valence-electron chi connectivity index (χ0n) is 63.0. The molecule has 2 aromatic heterocycles. The maximum absolute atomic E-state index is 6.93. The summed E-state index contributed by atoms with van der Waals surface area (Å²) in [7, 11) is 0. The molecule has 18 aromatic carbocycles. The second-order valence-corrected chi connectivity index (χ2v) is 31.9. The van der Waals surface area contributed by atoms with E-state index in [-0.39, 0.29) is 0 Å². The molecular formula is C110H70N4OS. The molecule has 2 aliphatic heterocycles. The van der Waals surface area contributed by atoms with Gasteiger partial charge < -0.3 is 24.0 Å². The van der Waals surface area contributed by atoms with E-state index in [1.165, 1.54) is 109 Å². The minimum atomic E-state index is -0.629. The second kappa shape index (κ2) is 25.9. The molecule has 0 N–H and O–H groups in total. The topological polar surface area (TPSA) is 26.1 Å². The average molecular weight is 1500 g/mol. The van der Waals surface area contributed by atoms with Gasteiger partial charge in [0.05, 0.1) is 49.7 Å². The van der Waals surface area contributed by atoms with Crippen molar-refractivity contribution in [1.29, 1.82) is 0 Å². The zero-order valence-corrected chi connectivity index (χ0v) is 63.8. The number of anilines is 12. The number of hydrogen-bond donors (Lipinski definition) is 0. The van der Waals surface area contributed by atoms with E-state index in [4.69, 9.17) is 4.42 Å². The van der Waals surface area contributed by atoms with Gasteiger partial charge in [0.25, 0.3) is 0 Å². The average Bonchev–Trinajstić information content (AvgIpc) is 1.45. The van der Waals surface area contributed by atoms with Crippen LogP contribution in [0.1, 0.15) is 44.5 Å². The van der Waals surface area contributed by atoms with E-state index in [1.54, 1.807) is 0 Å². The van der Waals surface area contributed by atoms with Gasteiger partial charge in [-0.05, 0) is 221 Å². The highest BCUT2D eigenvalue weighted by Gasteiger charge is 2.54.